The van der Waals surface area contributed by atoms with E-state index in [2.05, 4.69) is 10.3 Å². The molecule has 1 heterocycles. The van der Waals surface area contributed by atoms with E-state index in [-0.39, 0.29) is 17.9 Å². The number of likely N-dealkylation sites (N-methyl/N-ethyl adjacent to an activating group) is 1. The number of nitrogens with zero attached hydrogens (tertiary/aromatic N) is 2. The van der Waals surface area contributed by atoms with Crippen molar-refractivity contribution in [1.82, 2.24) is 14.9 Å². The molecule has 110 valence electrons. The van der Waals surface area contributed by atoms with E-state index in [1.165, 1.54) is 4.57 Å². The summed E-state index contributed by atoms with van der Waals surface area (Å²) in [4.78, 5) is 29.1. The van der Waals surface area contributed by atoms with Crippen LogP contribution in [0.2, 0.25) is 0 Å². The van der Waals surface area contributed by atoms with Crippen molar-refractivity contribution in [2.45, 2.75) is 6.42 Å². The van der Waals surface area contributed by atoms with E-state index >= 15 is 0 Å². The number of hydrogen-bond acceptors (Lipinski definition) is 3. The molecular formula is C17H15N3O2. The molecule has 0 atom stereocenters. The number of fused-ring (bicyclic) bond motifs is 1. The Morgan fingerprint density at radius 2 is 1.77 bits per heavy atom. The van der Waals surface area contributed by atoms with Crippen LogP contribution in [0.3, 0.4) is 0 Å². The third kappa shape index (κ3) is 2.48. The topological polar surface area (TPSA) is 64.0 Å². The number of benzene rings is 2. The summed E-state index contributed by atoms with van der Waals surface area (Å²) in [7, 11) is 1.56. The van der Waals surface area contributed by atoms with Crippen molar-refractivity contribution in [1.29, 1.82) is 0 Å². The van der Waals surface area contributed by atoms with E-state index < -0.39 is 0 Å². The largest absolute Gasteiger partial charge is 0.359 e. The highest BCUT2D eigenvalue weighted by Gasteiger charge is 2.14. The molecule has 0 saturated carbocycles. The van der Waals surface area contributed by atoms with Crippen LogP contribution in [-0.4, -0.2) is 22.5 Å². The monoisotopic (exact) mass is 293 g/mol. The minimum Gasteiger partial charge on any atom is -0.359 e. The molecule has 0 aliphatic rings. The molecule has 0 saturated heterocycles. The van der Waals surface area contributed by atoms with Crippen LogP contribution in [0.1, 0.15) is 5.82 Å². The zero-order chi connectivity index (χ0) is 15.5. The van der Waals surface area contributed by atoms with Crippen LogP contribution in [0.5, 0.6) is 0 Å². The number of para-hydroxylation sites is 2. The van der Waals surface area contributed by atoms with Crippen molar-refractivity contribution >= 4 is 16.8 Å². The highest BCUT2D eigenvalue weighted by Crippen LogP contribution is 2.13. The van der Waals surface area contributed by atoms with Gasteiger partial charge < -0.3 is 5.32 Å². The SMILES string of the molecule is CNC(=O)Cc1nc2ccccc2c(=O)n1-c1ccccc1. The maximum Gasteiger partial charge on any atom is 0.265 e. The van der Waals surface area contributed by atoms with Gasteiger partial charge in [0.05, 0.1) is 23.0 Å². The summed E-state index contributed by atoms with van der Waals surface area (Å²) in [6.07, 6.45) is 0.0471. The van der Waals surface area contributed by atoms with Gasteiger partial charge in [0.1, 0.15) is 5.82 Å². The molecule has 0 unspecified atom stereocenters. The number of carbonyl (C=O) groups is 1. The van der Waals surface area contributed by atoms with Crippen LogP contribution in [-0.2, 0) is 11.2 Å². The van der Waals surface area contributed by atoms with Gasteiger partial charge >= 0.3 is 0 Å². The van der Waals surface area contributed by atoms with Gasteiger partial charge in [-0.2, -0.15) is 0 Å². The first-order valence-electron chi connectivity index (χ1n) is 6.97. The molecule has 22 heavy (non-hydrogen) atoms. The minimum atomic E-state index is -0.188. The molecule has 0 radical (unpaired) electrons. The molecule has 1 amide bonds. The molecule has 1 aromatic heterocycles. The van der Waals surface area contributed by atoms with Gasteiger partial charge in [0.2, 0.25) is 5.91 Å². The molecule has 5 nitrogen and oxygen atoms in total. The van der Waals surface area contributed by atoms with E-state index in [1.54, 1.807) is 25.2 Å². The summed E-state index contributed by atoms with van der Waals surface area (Å²) in [5.74, 6) is 0.237. The lowest BCUT2D eigenvalue weighted by molar-refractivity contribution is -0.120. The van der Waals surface area contributed by atoms with Gasteiger partial charge in [-0.05, 0) is 24.3 Å². The fourth-order valence-electron chi connectivity index (χ4n) is 2.37. The molecule has 0 aliphatic carbocycles. The highest BCUT2D eigenvalue weighted by molar-refractivity contribution is 5.80. The smallest absolute Gasteiger partial charge is 0.265 e. The van der Waals surface area contributed by atoms with Gasteiger partial charge in [0.25, 0.3) is 5.56 Å². The number of carbonyl (C=O) groups excluding carboxylic acids is 1. The third-order valence-electron chi connectivity index (χ3n) is 3.46. The summed E-state index contributed by atoms with van der Waals surface area (Å²) in [6.45, 7) is 0. The summed E-state index contributed by atoms with van der Waals surface area (Å²) in [6, 6.07) is 16.4. The molecule has 3 rings (SSSR count). The van der Waals surface area contributed by atoms with Crippen molar-refractivity contribution < 1.29 is 4.79 Å². The fourth-order valence-corrected chi connectivity index (χ4v) is 2.37. The fraction of sp³-hybridized carbons (Fsp3) is 0.118. The zero-order valence-electron chi connectivity index (χ0n) is 12.1. The molecule has 2 aromatic carbocycles. The van der Waals surface area contributed by atoms with Crippen LogP contribution in [0.15, 0.2) is 59.4 Å². The van der Waals surface area contributed by atoms with Gasteiger partial charge in [0, 0.05) is 7.05 Å². The Morgan fingerprint density at radius 3 is 2.50 bits per heavy atom. The number of aromatic nitrogens is 2. The Balaban J connectivity index is 2.31. The third-order valence-corrected chi connectivity index (χ3v) is 3.46. The van der Waals surface area contributed by atoms with Crippen LogP contribution in [0.4, 0.5) is 0 Å². The Bertz CT molecular complexity index is 885. The van der Waals surface area contributed by atoms with Crippen LogP contribution in [0, 0.1) is 0 Å². The molecule has 1 N–H and O–H groups in total. The maximum absolute atomic E-state index is 12.8. The Hall–Kier alpha value is -2.95. The zero-order valence-corrected chi connectivity index (χ0v) is 12.1. The summed E-state index contributed by atoms with van der Waals surface area (Å²) in [5.41, 5.74) is 1.12. The second-order valence-electron chi connectivity index (χ2n) is 4.87. The van der Waals surface area contributed by atoms with Crippen molar-refractivity contribution in [2.24, 2.45) is 0 Å². The average Bonchev–Trinajstić information content (AvgIpc) is 2.56. The molecule has 3 aromatic rings. The molecule has 0 aliphatic heterocycles. The van der Waals surface area contributed by atoms with Crippen molar-refractivity contribution in [3.8, 4) is 5.69 Å². The van der Waals surface area contributed by atoms with E-state index in [1.807, 2.05) is 36.4 Å². The summed E-state index contributed by atoms with van der Waals surface area (Å²) < 4.78 is 1.50. The minimum absolute atomic E-state index is 0.0471. The molecule has 0 bridgehead atoms. The van der Waals surface area contributed by atoms with E-state index in [4.69, 9.17) is 0 Å². The normalized spacial score (nSPS) is 10.6. The van der Waals surface area contributed by atoms with Crippen molar-refractivity contribution in [3.05, 3.63) is 70.8 Å². The summed E-state index contributed by atoms with van der Waals surface area (Å²) >= 11 is 0. The first-order chi connectivity index (χ1) is 10.7. The first-order valence-corrected chi connectivity index (χ1v) is 6.97. The van der Waals surface area contributed by atoms with Crippen LogP contribution in [0.25, 0.3) is 16.6 Å². The van der Waals surface area contributed by atoms with Gasteiger partial charge in [-0.3, -0.25) is 14.2 Å². The van der Waals surface area contributed by atoms with Gasteiger partial charge in [-0.1, -0.05) is 30.3 Å². The van der Waals surface area contributed by atoms with Crippen LogP contribution < -0.4 is 10.9 Å². The predicted molar refractivity (Wildman–Crippen MR) is 85.1 cm³/mol. The van der Waals surface area contributed by atoms with E-state index in [9.17, 15) is 9.59 Å². The summed E-state index contributed by atoms with van der Waals surface area (Å²) in [5, 5.41) is 3.10. The van der Waals surface area contributed by atoms with Gasteiger partial charge in [0.15, 0.2) is 0 Å². The molecule has 0 fully saturated rings. The first kappa shape index (κ1) is 14.0. The average molecular weight is 293 g/mol. The Kier molecular flexibility index (Phi) is 3.70. The lowest BCUT2D eigenvalue weighted by atomic mass is 10.2. The highest BCUT2D eigenvalue weighted by atomic mass is 16.1. The van der Waals surface area contributed by atoms with Crippen molar-refractivity contribution in [3.63, 3.8) is 0 Å². The number of rotatable bonds is 3. The van der Waals surface area contributed by atoms with Crippen molar-refractivity contribution in [2.75, 3.05) is 7.05 Å². The standard InChI is InChI=1S/C17H15N3O2/c1-18-16(21)11-15-19-14-10-6-5-9-13(14)17(22)20(15)12-7-3-2-4-8-12/h2-10H,11H2,1H3,(H,18,21). The van der Waals surface area contributed by atoms with Gasteiger partial charge in [-0.25, -0.2) is 4.98 Å². The van der Waals surface area contributed by atoms with E-state index in [0.29, 0.717) is 22.4 Å². The number of amides is 1. The number of hydrogen-bond donors (Lipinski definition) is 1. The molecule has 5 heteroatoms. The predicted octanol–water partition coefficient (Wildman–Crippen LogP) is 1.67. The quantitative estimate of drug-likeness (QED) is 0.799. The Morgan fingerprint density at radius 1 is 1.09 bits per heavy atom. The second kappa shape index (κ2) is 5.81. The molecule has 0 spiro atoms. The van der Waals surface area contributed by atoms with Crippen LogP contribution >= 0.6 is 0 Å². The maximum atomic E-state index is 12.8. The Labute approximate surface area is 127 Å². The second-order valence-corrected chi connectivity index (χ2v) is 4.87. The lowest BCUT2D eigenvalue weighted by Crippen LogP contribution is -2.28. The number of nitrogens with one attached hydrogen (secondary N) is 1. The van der Waals surface area contributed by atoms with Gasteiger partial charge in [-0.15, -0.1) is 0 Å². The lowest BCUT2D eigenvalue weighted by Gasteiger charge is -2.13. The van der Waals surface area contributed by atoms with E-state index in [0.717, 1.165) is 0 Å². The molecular weight excluding hydrogens is 278 g/mol.